The van der Waals surface area contributed by atoms with Crippen LogP contribution in [0, 0.1) is 6.92 Å². The van der Waals surface area contributed by atoms with Gasteiger partial charge in [-0.05, 0) is 12.5 Å². The summed E-state index contributed by atoms with van der Waals surface area (Å²) in [5.74, 6) is -1.40. The number of hydrogen-bond donors (Lipinski definition) is 2. The van der Waals surface area contributed by atoms with Crippen LogP contribution >= 0.6 is 0 Å². The number of carboxylic acid groups (broad SMARTS) is 1. The molecule has 2 heterocycles. The smallest absolute Gasteiger partial charge is 0.410 e. The van der Waals surface area contributed by atoms with Crippen LogP contribution in [0.5, 0.6) is 0 Å². The normalized spacial score (nSPS) is 20.7. The van der Waals surface area contributed by atoms with Gasteiger partial charge in [0, 0.05) is 6.42 Å². The van der Waals surface area contributed by atoms with Gasteiger partial charge in [0.2, 0.25) is 0 Å². The van der Waals surface area contributed by atoms with Crippen LogP contribution in [0.3, 0.4) is 0 Å². The highest BCUT2D eigenvalue weighted by atomic mass is 19.4. The highest BCUT2D eigenvalue weighted by Crippen LogP contribution is 2.44. The molecule has 0 aliphatic carbocycles. The van der Waals surface area contributed by atoms with Crippen LogP contribution in [0.1, 0.15) is 40.1 Å². The van der Waals surface area contributed by atoms with E-state index in [1.54, 1.807) is 30.3 Å². The molecule has 122 valence electrons. The van der Waals surface area contributed by atoms with E-state index in [1.165, 1.54) is 6.92 Å². The number of anilines is 1. The van der Waals surface area contributed by atoms with E-state index in [0.29, 0.717) is 5.56 Å². The van der Waals surface area contributed by atoms with E-state index in [0.717, 1.165) is 4.68 Å². The highest BCUT2D eigenvalue weighted by Gasteiger charge is 2.47. The molecule has 0 saturated carbocycles. The summed E-state index contributed by atoms with van der Waals surface area (Å²) in [6, 6.07) is 6.16. The fourth-order valence-electron chi connectivity index (χ4n) is 2.89. The Morgan fingerprint density at radius 3 is 2.57 bits per heavy atom. The van der Waals surface area contributed by atoms with Gasteiger partial charge in [0.05, 0.1) is 11.7 Å². The summed E-state index contributed by atoms with van der Waals surface area (Å²) in [6.07, 6.45) is -4.77. The molecule has 0 bridgehead atoms. The van der Waals surface area contributed by atoms with E-state index in [9.17, 15) is 23.1 Å². The Kier molecular flexibility index (Phi) is 3.54. The maximum Gasteiger partial charge on any atom is 0.410 e. The SMILES string of the molecule is Cc1nn2c(c1C(=O)O)NC(c1ccccc1)CC2C(F)(F)F. The molecular weight excluding hydrogens is 311 g/mol. The molecule has 3 rings (SSSR count). The molecule has 2 aromatic rings. The summed E-state index contributed by atoms with van der Waals surface area (Å²) >= 11 is 0. The Balaban J connectivity index is 2.12. The third-order valence-electron chi connectivity index (χ3n) is 3.94. The van der Waals surface area contributed by atoms with Gasteiger partial charge in [0.1, 0.15) is 11.4 Å². The minimum atomic E-state index is -4.52. The number of benzene rings is 1. The van der Waals surface area contributed by atoms with Gasteiger partial charge >= 0.3 is 12.1 Å². The van der Waals surface area contributed by atoms with Gasteiger partial charge in [-0.15, -0.1) is 0 Å². The second kappa shape index (κ2) is 5.29. The van der Waals surface area contributed by atoms with Crippen molar-refractivity contribution in [2.75, 3.05) is 5.32 Å². The number of nitrogens with one attached hydrogen (secondary N) is 1. The maximum absolute atomic E-state index is 13.4. The van der Waals surface area contributed by atoms with Crippen LogP contribution in [0.25, 0.3) is 0 Å². The third kappa shape index (κ3) is 2.64. The Labute approximate surface area is 129 Å². The van der Waals surface area contributed by atoms with Crippen molar-refractivity contribution < 1.29 is 23.1 Å². The largest absolute Gasteiger partial charge is 0.477 e. The molecule has 1 aromatic carbocycles. The van der Waals surface area contributed by atoms with Crippen molar-refractivity contribution in [3.8, 4) is 0 Å². The number of aromatic carboxylic acids is 1. The predicted octanol–water partition coefficient (Wildman–Crippen LogP) is 3.55. The lowest BCUT2D eigenvalue weighted by Gasteiger charge is -2.33. The van der Waals surface area contributed by atoms with Gasteiger partial charge in [0.25, 0.3) is 0 Å². The van der Waals surface area contributed by atoms with Gasteiger partial charge in [-0.2, -0.15) is 18.3 Å². The quantitative estimate of drug-likeness (QED) is 0.886. The number of carboxylic acids is 1. The summed E-state index contributed by atoms with van der Waals surface area (Å²) in [6.45, 7) is 1.39. The third-order valence-corrected chi connectivity index (χ3v) is 3.94. The molecule has 8 heteroatoms. The summed E-state index contributed by atoms with van der Waals surface area (Å²) < 4.78 is 41.0. The number of nitrogens with zero attached hydrogens (tertiary/aromatic N) is 2. The second-order valence-electron chi connectivity index (χ2n) is 5.46. The molecule has 0 saturated heterocycles. The first-order valence-electron chi connectivity index (χ1n) is 6.99. The van der Waals surface area contributed by atoms with Crippen LogP contribution in [0.4, 0.5) is 19.0 Å². The molecule has 23 heavy (non-hydrogen) atoms. The Bertz CT molecular complexity index is 740. The van der Waals surface area contributed by atoms with E-state index in [2.05, 4.69) is 10.4 Å². The van der Waals surface area contributed by atoms with Gasteiger partial charge in [0.15, 0.2) is 6.04 Å². The Morgan fingerprint density at radius 1 is 1.35 bits per heavy atom. The van der Waals surface area contributed by atoms with E-state index < -0.39 is 24.2 Å². The van der Waals surface area contributed by atoms with Crippen molar-refractivity contribution in [1.82, 2.24) is 9.78 Å². The summed E-state index contributed by atoms with van der Waals surface area (Å²) in [5.41, 5.74) is 0.506. The average Bonchev–Trinajstić information content (AvgIpc) is 2.81. The van der Waals surface area contributed by atoms with Crippen molar-refractivity contribution in [2.24, 2.45) is 0 Å². The zero-order chi connectivity index (χ0) is 16.8. The molecule has 1 aromatic heterocycles. The minimum absolute atomic E-state index is 0.0583. The van der Waals surface area contributed by atoms with Gasteiger partial charge in [-0.1, -0.05) is 30.3 Å². The predicted molar refractivity (Wildman–Crippen MR) is 76.4 cm³/mol. The van der Waals surface area contributed by atoms with Crippen molar-refractivity contribution in [2.45, 2.75) is 31.6 Å². The average molecular weight is 325 g/mol. The first-order valence-corrected chi connectivity index (χ1v) is 6.99. The molecular formula is C15H14F3N3O2. The molecule has 2 N–H and O–H groups in total. The summed E-state index contributed by atoms with van der Waals surface area (Å²) in [7, 11) is 0. The molecule has 0 amide bonds. The van der Waals surface area contributed by atoms with Crippen molar-refractivity contribution in [3.63, 3.8) is 0 Å². The molecule has 0 fully saturated rings. The number of aromatic nitrogens is 2. The topological polar surface area (TPSA) is 67.2 Å². The zero-order valence-corrected chi connectivity index (χ0v) is 12.1. The highest BCUT2D eigenvalue weighted by molar-refractivity contribution is 5.94. The van der Waals surface area contributed by atoms with E-state index in [-0.39, 0.29) is 23.5 Å². The number of aryl methyl sites for hydroxylation is 1. The standard InChI is InChI=1S/C15H14F3N3O2/c1-8-12(14(22)23)13-19-10(9-5-3-2-4-6-9)7-11(15(16,17)18)21(13)20-8/h2-6,10-11,19H,7H2,1H3,(H,22,23). The fraction of sp³-hybridized carbons (Fsp3) is 0.333. The van der Waals surface area contributed by atoms with Crippen LogP contribution in [0.2, 0.25) is 0 Å². The van der Waals surface area contributed by atoms with Crippen LogP contribution in [-0.4, -0.2) is 27.0 Å². The lowest BCUT2D eigenvalue weighted by atomic mass is 9.96. The molecule has 1 aliphatic heterocycles. The summed E-state index contributed by atoms with van der Waals surface area (Å²) in [5, 5.41) is 16.0. The number of carbonyl (C=O) groups is 1. The van der Waals surface area contributed by atoms with Crippen molar-refractivity contribution >= 4 is 11.8 Å². The van der Waals surface area contributed by atoms with Crippen LogP contribution in [0.15, 0.2) is 30.3 Å². The molecule has 1 aliphatic rings. The first kappa shape index (κ1) is 15.4. The Hall–Kier alpha value is -2.51. The van der Waals surface area contributed by atoms with Crippen molar-refractivity contribution in [3.05, 3.63) is 47.2 Å². The number of halogens is 3. The molecule has 2 atom stereocenters. The van der Waals surface area contributed by atoms with Gasteiger partial charge in [-0.25, -0.2) is 9.48 Å². The van der Waals surface area contributed by atoms with Crippen LogP contribution < -0.4 is 5.32 Å². The van der Waals surface area contributed by atoms with E-state index in [4.69, 9.17) is 0 Å². The molecule has 2 unspecified atom stereocenters. The monoisotopic (exact) mass is 325 g/mol. The zero-order valence-electron chi connectivity index (χ0n) is 12.1. The van der Waals surface area contributed by atoms with Gasteiger partial charge < -0.3 is 10.4 Å². The number of alkyl halides is 3. The summed E-state index contributed by atoms with van der Waals surface area (Å²) in [4.78, 5) is 11.4. The van der Waals surface area contributed by atoms with Crippen LogP contribution in [-0.2, 0) is 0 Å². The molecule has 0 spiro atoms. The van der Waals surface area contributed by atoms with E-state index >= 15 is 0 Å². The lowest BCUT2D eigenvalue weighted by Crippen LogP contribution is -2.36. The number of fused-ring (bicyclic) bond motifs is 1. The minimum Gasteiger partial charge on any atom is -0.477 e. The van der Waals surface area contributed by atoms with Crippen molar-refractivity contribution in [1.29, 1.82) is 0 Å². The number of hydrogen-bond acceptors (Lipinski definition) is 3. The number of rotatable bonds is 2. The molecule has 0 radical (unpaired) electrons. The first-order chi connectivity index (χ1) is 10.8. The van der Waals surface area contributed by atoms with E-state index in [1.807, 2.05) is 0 Å². The fourth-order valence-corrected chi connectivity index (χ4v) is 2.89. The lowest BCUT2D eigenvalue weighted by molar-refractivity contribution is -0.173. The van der Waals surface area contributed by atoms with Gasteiger partial charge in [-0.3, -0.25) is 0 Å². The Morgan fingerprint density at radius 2 is 2.00 bits per heavy atom. The maximum atomic E-state index is 13.4. The second-order valence-corrected chi connectivity index (χ2v) is 5.46. The molecule has 5 nitrogen and oxygen atoms in total.